The summed E-state index contributed by atoms with van der Waals surface area (Å²) in [6, 6.07) is 8.16. The van der Waals surface area contributed by atoms with Crippen molar-refractivity contribution in [3.63, 3.8) is 0 Å². The summed E-state index contributed by atoms with van der Waals surface area (Å²) in [5.41, 5.74) is 2.54. The second-order valence-electron chi connectivity index (χ2n) is 7.05. The molecule has 6 nitrogen and oxygen atoms in total. The fourth-order valence-corrected chi connectivity index (χ4v) is 3.33. The molecule has 2 atom stereocenters. The van der Waals surface area contributed by atoms with E-state index >= 15 is 0 Å². The number of nitrogens with one attached hydrogen (secondary N) is 1. The summed E-state index contributed by atoms with van der Waals surface area (Å²) >= 11 is 0. The number of nitrogens with zero attached hydrogens (tertiary/aromatic N) is 4. The summed E-state index contributed by atoms with van der Waals surface area (Å²) in [6.07, 6.45) is 5.28. The highest BCUT2D eigenvalue weighted by Gasteiger charge is 2.27. The molecule has 2 heterocycles. The summed E-state index contributed by atoms with van der Waals surface area (Å²) in [4.78, 5) is 6.76. The molecular formula is C20H30IN5O. The molecular weight excluding hydrogens is 453 g/mol. The van der Waals surface area contributed by atoms with Gasteiger partial charge in [-0.05, 0) is 38.0 Å². The zero-order chi connectivity index (χ0) is 18.5. The van der Waals surface area contributed by atoms with Crippen molar-refractivity contribution in [1.29, 1.82) is 0 Å². The Labute approximate surface area is 179 Å². The molecule has 1 aliphatic rings. The third kappa shape index (κ3) is 5.85. The average molecular weight is 483 g/mol. The highest BCUT2D eigenvalue weighted by atomic mass is 127. The van der Waals surface area contributed by atoms with Crippen molar-refractivity contribution in [3.8, 4) is 5.75 Å². The Hall–Kier alpha value is -1.77. The maximum Gasteiger partial charge on any atom is 0.193 e. The highest BCUT2D eigenvalue weighted by Crippen LogP contribution is 2.26. The van der Waals surface area contributed by atoms with Crippen molar-refractivity contribution in [2.75, 3.05) is 26.7 Å². The maximum absolute atomic E-state index is 5.97. The van der Waals surface area contributed by atoms with E-state index in [0.717, 1.165) is 31.2 Å². The molecule has 0 aliphatic carbocycles. The lowest BCUT2D eigenvalue weighted by Gasteiger charge is -2.23. The monoisotopic (exact) mass is 483 g/mol. The quantitative estimate of drug-likeness (QED) is 0.404. The predicted octanol–water partition coefficient (Wildman–Crippen LogP) is 3.18. The summed E-state index contributed by atoms with van der Waals surface area (Å²) in [6.45, 7) is 6.84. The molecule has 1 aromatic heterocycles. The number of rotatable bonds is 5. The Morgan fingerprint density at radius 2 is 2.11 bits per heavy atom. The Morgan fingerprint density at radius 3 is 2.74 bits per heavy atom. The van der Waals surface area contributed by atoms with Crippen LogP contribution in [0.5, 0.6) is 5.75 Å². The summed E-state index contributed by atoms with van der Waals surface area (Å²) in [5.74, 6) is 2.36. The van der Waals surface area contributed by atoms with Crippen LogP contribution in [0.15, 0.2) is 41.7 Å². The normalized spacial score (nSPS) is 18.1. The molecule has 7 heteroatoms. The first kappa shape index (κ1) is 21.5. The number of guanidine groups is 1. The fraction of sp³-hybridized carbons (Fsp3) is 0.500. The van der Waals surface area contributed by atoms with Crippen molar-refractivity contribution in [2.24, 2.45) is 12.0 Å². The molecule has 0 spiro atoms. The second-order valence-corrected chi connectivity index (χ2v) is 7.05. The number of ether oxygens (including phenoxy) is 1. The first-order valence-electron chi connectivity index (χ1n) is 9.22. The van der Waals surface area contributed by atoms with Crippen molar-refractivity contribution in [3.05, 3.63) is 47.8 Å². The smallest absolute Gasteiger partial charge is 0.193 e. The van der Waals surface area contributed by atoms with Gasteiger partial charge in [0.25, 0.3) is 0 Å². The molecule has 148 valence electrons. The minimum absolute atomic E-state index is 0. The van der Waals surface area contributed by atoms with E-state index in [1.165, 1.54) is 11.1 Å². The van der Waals surface area contributed by atoms with Crippen LogP contribution in [0, 0.1) is 6.92 Å². The molecule has 1 aliphatic heterocycles. The molecule has 3 rings (SSSR count). The SMILES string of the molecule is CN=C(NCC(C)Oc1ccc(C)cc1)N1CCC(c2cnn(C)c2)C1.I. The molecule has 1 aromatic carbocycles. The van der Waals surface area contributed by atoms with Crippen LogP contribution >= 0.6 is 24.0 Å². The lowest BCUT2D eigenvalue weighted by Crippen LogP contribution is -2.43. The predicted molar refractivity (Wildman–Crippen MR) is 120 cm³/mol. The van der Waals surface area contributed by atoms with E-state index in [0.29, 0.717) is 12.5 Å². The van der Waals surface area contributed by atoms with Crippen LogP contribution in [0.25, 0.3) is 0 Å². The number of likely N-dealkylation sites (tertiary alicyclic amines) is 1. The summed E-state index contributed by atoms with van der Waals surface area (Å²) in [7, 11) is 3.80. The van der Waals surface area contributed by atoms with Gasteiger partial charge in [0.2, 0.25) is 0 Å². The van der Waals surface area contributed by atoms with Gasteiger partial charge in [-0.1, -0.05) is 17.7 Å². The number of benzene rings is 1. The van der Waals surface area contributed by atoms with E-state index in [2.05, 4.69) is 52.5 Å². The van der Waals surface area contributed by atoms with Gasteiger partial charge >= 0.3 is 0 Å². The standard InChI is InChI=1S/C20H29N5O.HI/c1-15-5-7-19(8-6-15)26-16(2)11-22-20(21-3)25-10-9-17(14-25)18-12-23-24(4)13-18;/h5-8,12-13,16-17H,9-11,14H2,1-4H3,(H,21,22);1H. The van der Waals surface area contributed by atoms with Crippen molar-refractivity contribution >= 4 is 29.9 Å². The Bertz CT molecular complexity index is 743. The van der Waals surface area contributed by atoms with Gasteiger partial charge in [0.1, 0.15) is 11.9 Å². The number of aliphatic imine (C=N–C) groups is 1. The average Bonchev–Trinajstić information content (AvgIpc) is 3.27. The van der Waals surface area contributed by atoms with Crippen molar-refractivity contribution in [1.82, 2.24) is 20.0 Å². The minimum Gasteiger partial charge on any atom is -0.489 e. The molecule has 2 aromatic rings. The maximum atomic E-state index is 5.97. The van der Waals surface area contributed by atoms with Crippen LogP contribution in [-0.4, -0.2) is 53.4 Å². The van der Waals surface area contributed by atoms with Gasteiger partial charge in [0, 0.05) is 39.3 Å². The molecule has 1 fully saturated rings. The molecule has 0 amide bonds. The van der Waals surface area contributed by atoms with E-state index in [-0.39, 0.29) is 30.1 Å². The third-order valence-electron chi connectivity index (χ3n) is 4.80. The summed E-state index contributed by atoms with van der Waals surface area (Å²) < 4.78 is 7.84. The van der Waals surface area contributed by atoms with E-state index in [1.807, 2.05) is 37.1 Å². The van der Waals surface area contributed by atoms with Gasteiger partial charge in [-0.25, -0.2) is 0 Å². The largest absolute Gasteiger partial charge is 0.489 e. The summed E-state index contributed by atoms with van der Waals surface area (Å²) in [5, 5.41) is 7.74. The van der Waals surface area contributed by atoms with Crippen LogP contribution in [0.3, 0.4) is 0 Å². The Balaban J connectivity index is 0.00000261. The van der Waals surface area contributed by atoms with Crippen molar-refractivity contribution in [2.45, 2.75) is 32.3 Å². The van der Waals surface area contributed by atoms with Gasteiger partial charge in [-0.2, -0.15) is 5.10 Å². The first-order valence-corrected chi connectivity index (χ1v) is 9.22. The van der Waals surface area contributed by atoms with Gasteiger partial charge in [-0.15, -0.1) is 24.0 Å². The van der Waals surface area contributed by atoms with E-state index < -0.39 is 0 Å². The van der Waals surface area contributed by atoms with Crippen molar-refractivity contribution < 1.29 is 4.74 Å². The fourth-order valence-electron chi connectivity index (χ4n) is 3.33. The number of hydrogen-bond donors (Lipinski definition) is 1. The van der Waals surface area contributed by atoms with Crippen LogP contribution < -0.4 is 10.1 Å². The number of hydrogen-bond acceptors (Lipinski definition) is 3. The molecule has 2 unspecified atom stereocenters. The Kier molecular flexibility index (Phi) is 7.94. The molecule has 1 saturated heterocycles. The molecule has 27 heavy (non-hydrogen) atoms. The van der Waals surface area contributed by atoms with Crippen LogP contribution in [-0.2, 0) is 7.05 Å². The topological polar surface area (TPSA) is 54.7 Å². The highest BCUT2D eigenvalue weighted by molar-refractivity contribution is 14.0. The zero-order valence-corrected chi connectivity index (χ0v) is 18.9. The van der Waals surface area contributed by atoms with Crippen LogP contribution in [0.1, 0.15) is 30.4 Å². The van der Waals surface area contributed by atoms with Gasteiger partial charge in [0.15, 0.2) is 5.96 Å². The van der Waals surface area contributed by atoms with E-state index in [1.54, 1.807) is 0 Å². The zero-order valence-electron chi connectivity index (χ0n) is 16.6. The first-order chi connectivity index (χ1) is 12.5. The lowest BCUT2D eigenvalue weighted by atomic mass is 10.0. The Morgan fingerprint density at radius 1 is 1.37 bits per heavy atom. The van der Waals surface area contributed by atoms with E-state index in [4.69, 9.17) is 4.74 Å². The van der Waals surface area contributed by atoms with Gasteiger partial charge in [0.05, 0.1) is 12.7 Å². The molecule has 0 radical (unpaired) electrons. The molecule has 0 saturated carbocycles. The third-order valence-corrected chi connectivity index (χ3v) is 4.80. The molecule has 0 bridgehead atoms. The lowest BCUT2D eigenvalue weighted by molar-refractivity contribution is 0.222. The van der Waals surface area contributed by atoms with Crippen LogP contribution in [0.4, 0.5) is 0 Å². The molecule has 1 N–H and O–H groups in total. The van der Waals surface area contributed by atoms with Gasteiger partial charge < -0.3 is 15.0 Å². The number of aryl methyl sites for hydroxylation is 2. The number of aromatic nitrogens is 2. The second kappa shape index (κ2) is 9.96. The van der Waals surface area contributed by atoms with Crippen LogP contribution in [0.2, 0.25) is 0 Å². The van der Waals surface area contributed by atoms with Gasteiger partial charge in [-0.3, -0.25) is 9.67 Å². The minimum atomic E-state index is 0. The number of halogens is 1. The van der Waals surface area contributed by atoms with E-state index in [9.17, 15) is 0 Å².